The number of hydrogen-bond donors (Lipinski definition) is 2. The maximum Gasteiger partial charge on any atom is 0.261 e. The third-order valence-corrected chi connectivity index (χ3v) is 6.21. The molecule has 4 rings (SSSR count). The van der Waals surface area contributed by atoms with Crippen molar-refractivity contribution in [2.24, 2.45) is 17.8 Å². The predicted molar refractivity (Wildman–Crippen MR) is 82.5 cm³/mol. The number of fused-ring (bicyclic) bond motifs is 1. The van der Waals surface area contributed by atoms with Crippen LogP contribution in [-0.2, 0) is 4.74 Å². The number of ether oxygens (including phenoxy) is 1. The molecule has 1 saturated heterocycles. The zero-order chi connectivity index (χ0) is 14.2. The van der Waals surface area contributed by atoms with E-state index in [4.69, 9.17) is 4.74 Å². The van der Waals surface area contributed by atoms with E-state index in [0.29, 0.717) is 12.1 Å². The topological polar surface area (TPSA) is 50.4 Å². The highest BCUT2D eigenvalue weighted by atomic mass is 32.1. The highest BCUT2D eigenvalue weighted by Crippen LogP contribution is 2.53. The van der Waals surface area contributed by atoms with Gasteiger partial charge in [0.25, 0.3) is 5.91 Å². The molecular formula is C16H22N2O2S. The minimum atomic E-state index is 0.0480. The molecule has 1 aliphatic heterocycles. The first-order valence-electron chi connectivity index (χ1n) is 7.99. The molecule has 0 spiro atoms. The molecule has 21 heavy (non-hydrogen) atoms. The van der Waals surface area contributed by atoms with Crippen molar-refractivity contribution in [3.63, 3.8) is 0 Å². The average Bonchev–Trinajstić information content (AvgIpc) is 3.20. The molecule has 5 heteroatoms. The van der Waals surface area contributed by atoms with Crippen LogP contribution in [0.4, 0.5) is 0 Å². The van der Waals surface area contributed by atoms with Crippen LogP contribution in [0.1, 0.15) is 28.9 Å². The van der Waals surface area contributed by atoms with Gasteiger partial charge in [-0.2, -0.15) is 0 Å². The van der Waals surface area contributed by atoms with Crippen molar-refractivity contribution >= 4 is 17.2 Å². The first kappa shape index (κ1) is 13.7. The molecule has 0 radical (unpaired) electrons. The molecule has 2 aliphatic carbocycles. The van der Waals surface area contributed by atoms with Gasteiger partial charge >= 0.3 is 0 Å². The van der Waals surface area contributed by atoms with Gasteiger partial charge in [-0.25, -0.2) is 0 Å². The minimum Gasteiger partial charge on any atom is -0.376 e. The van der Waals surface area contributed by atoms with Crippen LogP contribution in [-0.4, -0.2) is 37.7 Å². The Kier molecular flexibility index (Phi) is 3.73. The van der Waals surface area contributed by atoms with Gasteiger partial charge in [0.1, 0.15) is 0 Å². The van der Waals surface area contributed by atoms with E-state index in [-0.39, 0.29) is 5.91 Å². The highest BCUT2D eigenvalue weighted by Gasteiger charge is 2.56. The van der Waals surface area contributed by atoms with Crippen molar-refractivity contribution < 1.29 is 9.53 Å². The standard InChI is InChI=1S/C16H22N2O2S/c19-16(13-3-1-6-21-13)18-5-2-4-17-14-10-7-11-9-20-15(14)12(11)8-10/h1,3,6,10-12,14-15,17H,2,4-5,7-9H2,(H,18,19)/t10-,11-,12+,14?,15+/m1/s1. The minimum absolute atomic E-state index is 0.0480. The highest BCUT2D eigenvalue weighted by molar-refractivity contribution is 7.12. The largest absolute Gasteiger partial charge is 0.376 e. The van der Waals surface area contributed by atoms with Crippen molar-refractivity contribution in [3.8, 4) is 0 Å². The average molecular weight is 306 g/mol. The van der Waals surface area contributed by atoms with Crippen LogP contribution in [0.5, 0.6) is 0 Å². The number of thiophene rings is 1. The van der Waals surface area contributed by atoms with Crippen molar-refractivity contribution in [2.75, 3.05) is 19.7 Å². The molecule has 0 aromatic carbocycles. The third kappa shape index (κ3) is 2.51. The zero-order valence-electron chi connectivity index (χ0n) is 12.1. The number of amides is 1. The van der Waals surface area contributed by atoms with E-state index in [1.807, 2.05) is 17.5 Å². The first-order chi connectivity index (χ1) is 10.3. The fourth-order valence-corrected chi connectivity index (χ4v) is 5.06. The van der Waals surface area contributed by atoms with E-state index < -0.39 is 0 Å². The molecule has 2 N–H and O–H groups in total. The second-order valence-corrected chi connectivity index (χ2v) is 7.47. The van der Waals surface area contributed by atoms with Crippen molar-refractivity contribution in [2.45, 2.75) is 31.4 Å². The van der Waals surface area contributed by atoms with Crippen LogP contribution in [0.15, 0.2) is 17.5 Å². The summed E-state index contributed by atoms with van der Waals surface area (Å²) in [6, 6.07) is 4.33. The molecule has 2 saturated carbocycles. The summed E-state index contributed by atoms with van der Waals surface area (Å²) in [5.41, 5.74) is 0. The maximum atomic E-state index is 11.8. The van der Waals surface area contributed by atoms with E-state index in [1.165, 1.54) is 24.2 Å². The Labute approximate surface area is 129 Å². The van der Waals surface area contributed by atoms with E-state index in [0.717, 1.165) is 48.7 Å². The summed E-state index contributed by atoms with van der Waals surface area (Å²) >= 11 is 1.49. The monoisotopic (exact) mass is 306 g/mol. The zero-order valence-corrected chi connectivity index (χ0v) is 12.9. The van der Waals surface area contributed by atoms with Gasteiger partial charge in [0.05, 0.1) is 17.6 Å². The van der Waals surface area contributed by atoms with Crippen LogP contribution in [0.3, 0.4) is 0 Å². The Balaban J connectivity index is 1.17. The summed E-state index contributed by atoms with van der Waals surface area (Å²) in [5.74, 6) is 2.55. The van der Waals surface area contributed by atoms with E-state index >= 15 is 0 Å². The molecule has 3 aliphatic rings. The van der Waals surface area contributed by atoms with Crippen molar-refractivity contribution in [1.82, 2.24) is 10.6 Å². The number of hydrogen-bond acceptors (Lipinski definition) is 4. The molecule has 3 fully saturated rings. The summed E-state index contributed by atoms with van der Waals surface area (Å²) < 4.78 is 5.96. The molecule has 2 heterocycles. The molecule has 1 unspecified atom stereocenters. The molecule has 1 aromatic heterocycles. The van der Waals surface area contributed by atoms with Crippen LogP contribution in [0.2, 0.25) is 0 Å². The Hall–Kier alpha value is -0.910. The smallest absolute Gasteiger partial charge is 0.261 e. The third-order valence-electron chi connectivity index (χ3n) is 5.34. The van der Waals surface area contributed by atoms with E-state index in [1.54, 1.807) is 0 Å². The van der Waals surface area contributed by atoms with Gasteiger partial charge in [-0.05, 0) is 55.0 Å². The maximum absolute atomic E-state index is 11.8. The fraction of sp³-hybridized carbons (Fsp3) is 0.688. The lowest BCUT2D eigenvalue weighted by Gasteiger charge is -2.27. The van der Waals surface area contributed by atoms with Crippen LogP contribution < -0.4 is 10.6 Å². The molecular weight excluding hydrogens is 284 g/mol. The quantitative estimate of drug-likeness (QED) is 0.789. The van der Waals surface area contributed by atoms with E-state index in [9.17, 15) is 4.79 Å². The predicted octanol–water partition coefficient (Wildman–Crippen LogP) is 1.88. The SMILES string of the molecule is O=C(NCCCNC1[C@@H]2C[C@@H]3CO[C@H]1[C@H]3C2)c1cccs1. The van der Waals surface area contributed by atoms with Gasteiger partial charge in [0.2, 0.25) is 0 Å². The normalized spacial score (nSPS) is 36.3. The second kappa shape index (κ2) is 5.71. The van der Waals surface area contributed by atoms with Gasteiger partial charge in [0.15, 0.2) is 0 Å². The fourth-order valence-electron chi connectivity index (χ4n) is 4.42. The number of nitrogens with one attached hydrogen (secondary N) is 2. The van der Waals surface area contributed by atoms with Crippen LogP contribution in [0.25, 0.3) is 0 Å². The van der Waals surface area contributed by atoms with E-state index in [2.05, 4.69) is 10.6 Å². The summed E-state index contributed by atoms with van der Waals surface area (Å²) in [4.78, 5) is 12.6. The number of rotatable bonds is 6. The van der Waals surface area contributed by atoms with Crippen molar-refractivity contribution in [1.29, 1.82) is 0 Å². The number of carbonyl (C=O) groups excluding carboxylic acids is 1. The Morgan fingerprint density at radius 2 is 2.29 bits per heavy atom. The number of carbonyl (C=O) groups is 1. The van der Waals surface area contributed by atoms with Crippen molar-refractivity contribution in [3.05, 3.63) is 22.4 Å². The summed E-state index contributed by atoms with van der Waals surface area (Å²) in [6.07, 6.45) is 4.16. The Morgan fingerprint density at radius 1 is 1.33 bits per heavy atom. The van der Waals surface area contributed by atoms with Crippen LogP contribution in [0, 0.1) is 17.8 Å². The lowest BCUT2D eigenvalue weighted by atomic mass is 9.87. The lowest BCUT2D eigenvalue weighted by molar-refractivity contribution is 0.0760. The Bertz CT molecular complexity index is 502. The van der Waals surface area contributed by atoms with Gasteiger partial charge in [-0.1, -0.05) is 6.07 Å². The lowest BCUT2D eigenvalue weighted by Crippen LogP contribution is -2.44. The van der Waals surface area contributed by atoms with Gasteiger partial charge in [0, 0.05) is 12.6 Å². The summed E-state index contributed by atoms with van der Waals surface area (Å²) in [7, 11) is 0. The van der Waals surface area contributed by atoms with Crippen LogP contribution >= 0.6 is 11.3 Å². The first-order valence-corrected chi connectivity index (χ1v) is 8.87. The van der Waals surface area contributed by atoms with Gasteiger partial charge in [-0.3, -0.25) is 4.79 Å². The second-order valence-electron chi connectivity index (χ2n) is 6.52. The van der Waals surface area contributed by atoms with Gasteiger partial charge in [-0.15, -0.1) is 11.3 Å². The molecule has 4 nitrogen and oxygen atoms in total. The molecule has 1 amide bonds. The Morgan fingerprint density at radius 3 is 3.14 bits per heavy atom. The summed E-state index contributed by atoms with van der Waals surface area (Å²) in [6.45, 7) is 2.68. The molecule has 2 bridgehead atoms. The molecule has 5 atom stereocenters. The summed E-state index contributed by atoms with van der Waals surface area (Å²) in [5, 5.41) is 8.58. The molecule has 114 valence electrons. The van der Waals surface area contributed by atoms with Gasteiger partial charge < -0.3 is 15.4 Å². The molecule has 1 aromatic rings.